The van der Waals surface area contributed by atoms with Gasteiger partial charge in [-0.05, 0) is 42.3 Å². The highest BCUT2D eigenvalue weighted by Gasteiger charge is 2.44. The van der Waals surface area contributed by atoms with Gasteiger partial charge in [0.2, 0.25) is 0 Å². The molecule has 3 nitrogen and oxygen atoms in total. The van der Waals surface area contributed by atoms with E-state index < -0.39 is 29.0 Å². The number of guanidine groups is 1. The molecule has 0 unspecified atom stereocenters. The maximum Gasteiger partial charge on any atom is 0.416 e. The van der Waals surface area contributed by atoms with Crippen LogP contribution in [0.4, 0.5) is 17.6 Å². The van der Waals surface area contributed by atoms with Crippen molar-refractivity contribution >= 4 is 5.96 Å². The maximum atomic E-state index is 13.8. The molecule has 1 heterocycles. The maximum absolute atomic E-state index is 13.8. The van der Waals surface area contributed by atoms with Crippen molar-refractivity contribution in [3.05, 3.63) is 83.3 Å². The zero-order chi connectivity index (χ0) is 20.0. The Morgan fingerprint density at radius 3 is 2.33 bits per heavy atom. The first-order valence-electron chi connectivity index (χ1n) is 8.25. The molecular formula is C20H19F4N3. The summed E-state index contributed by atoms with van der Waals surface area (Å²) in [7, 11) is 1.68. The minimum atomic E-state index is -4.42. The number of alkyl halides is 3. The van der Waals surface area contributed by atoms with E-state index >= 15 is 0 Å². The molecule has 2 N–H and O–H groups in total. The van der Waals surface area contributed by atoms with Crippen LogP contribution in [0.15, 0.2) is 65.8 Å². The predicted octanol–water partition coefficient (Wildman–Crippen LogP) is 4.62. The Bertz CT molecular complexity index is 902. The molecule has 1 aliphatic heterocycles. The van der Waals surface area contributed by atoms with Crippen LogP contribution < -0.4 is 5.73 Å². The summed E-state index contributed by atoms with van der Waals surface area (Å²) in [6.07, 6.45) is -4.42. The Kier molecular flexibility index (Phi) is 4.49. The minimum absolute atomic E-state index is 0.204. The molecule has 2 aromatic rings. The summed E-state index contributed by atoms with van der Waals surface area (Å²) in [5.41, 5.74) is 5.97. The molecule has 27 heavy (non-hydrogen) atoms. The molecule has 142 valence electrons. The minimum Gasteiger partial charge on any atom is -0.370 e. The van der Waals surface area contributed by atoms with Gasteiger partial charge >= 0.3 is 6.18 Å². The van der Waals surface area contributed by atoms with E-state index in [9.17, 15) is 17.6 Å². The Morgan fingerprint density at radius 2 is 1.78 bits per heavy atom. The lowest BCUT2D eigenvalue weighted by atomic mass is 9.73. The molecule has 3 rings (SSSR count). The van der Waals surface area contributed by atoms with Crippen molar-refractivity contribution in [1.82, 2.24) is 4.90 Å². The predicted molar refractivity (Wildman–Crippen MR) is 96.5 cm³/mol. The summed E-state index contributed by atoms with van der Waals surface area (Å²) in [5.74, 6) is -0.744. The second-order valence-electron chi connectivity index (χ2n) is 6.73. The van der Waals surface area contributed by atoms with Crippen LogP contribution in [0.2, 0.25) is 0 Å². The number of hydrogen-bond acceptors (Lipinski definition) is 3. The van der Waals surface area contributed by atoms with Crippen LogP contribution >= 0.6 is 0 Å². The molecule has 0 aliphatic carbocycles. The summed E-state index contributed by atoms with van der Waals surface area (Å²) in [6.45, 7) is 5.84. The number of likely N-dealkylation sites (N-methyl/N-ethyl adjacent to an activating group) is 1. The highest BCUT2D eigenvalue weighted by Crippen LogP contribution is 2.47. The van der Waals surface area contributed by atoms with E-state index in [1.807, 2.05) is 0 Å². The first-order valence-corrected chi connectivity index (χ1v) is 8.25. The van der Waals surface area contributed by atoms with Crippen molar-refractivity contribution in [2.75, 3.05) is 7.05 Å². The Labute approximate surface area is 154 Å². The monoisotopic (exact) mass is 377 g/mol. The summed E-state index contributed by atoms with van der Waals surface area (Å²) < 4.78 is 52.6. The zero-order valence-electron chi connectivity index (χ0n) is 14.9. The smallest absolute Gasteiger partial charge is 0.370 e. The number of benzene rings is 2. The number of rotatable bonds is 2. The molecule has 2 atom stereocenters. The molecule has 0 aromatic heterocycles. The van der Waals surface area contributed by atoms with Gasteiger partial charge in [0.25, 0.3) is 0 Å². The number of nitrogens with two attached hydrogens (primary N) is 1. The number of hydrogen-bond donors (Lipinski definition) is 1. The molecule has 0 radical (unpaired) electrons. The molecule has 0 saturated heterocycles. The molecule has 0 amide bonds. The molecule has 0 spiro atoms. The fraction of sp³-hybridized carbons (Fsp3) is 0.250. The van der Waals surface area contributed by atoms with Crippen LogP contribution in [0.1, 0.15) is 29.5 Å². The molecular weight excluding hydrogens is 358 g/mol. The normalized spacial score (nSPS) is 23.3. The second kappa shape index (κ2) is 6.40. The Hall–Kier alpha value is -2.83. The van der Waals surface area contributed by atoms with E-state index in [-0.39, 0.29) is 5.96 Å². The molecule has 7 heteroatoms. The largest absolute Gasteiger partial charge is 0.416 e. The molecule has 2 aromatic carbocycles. The van der Waals surface area contributed by atoms with Gasteiger partial charge in [-0.3, -0.25) is 0 Å². The van der Waals surface area contributed by atoms with Gasteiger partial charge < -0.3 is 10.6 Å². The van der Waals surface area contributed by atoms with Crippen LogP contribution in [-0.4, -0.2) is 17.9 Å². The zero-order valence-corrected chi connectivity index (χ0v) is 14.9. The highest BCUT2D eigenvalue weighted by molar-refractivity contribution is 5.82. The average Bonchev–Trinajstić information content (AvgIpc) is 2.59. The number of aliphatic imine (C=N–C) groups is 1. The van der Waals surface area contributed by atoms with E-state index in [0.29, 0.717) is 16.8 Å². The number of nitrogens with zero attached hydrogens (tertiary/aromatic N) is 2. The quantitative estimate of drug-likeness (QED) is 0.776. The van der Waals surface area contributed by atoms with Crippen molar-refractivity contribution in [2.45, 2.75) is 24.6 Å². The Morgan fingerprint density at radius 1 is 1.15 bits per heavy atom. The third-order valence-corrected chi connectivity index (χ3v) is 5.00. The standard InChI is InChI=1S/C20H19F4N3/c1-12-17(13-7-9-14(10-8-13)20(22,23)24)19(2,26-18(25)27(12)3)15-5-4-6-16(21)11-15/h4-11,17H,1H2,2-3H3,(H2,25,26)/t17-,19+/m0/s1. The lowest BCUT2D eigenvalue weighted by molar-refractivity contribution is -0.137. The summed E-state index contributed by atoms with van der Waals surface area (Å²) >= 11 is 0. The van der Waals surface area contributed by atoms with Crippen LogP contribution in [0.25, 0.3) is 0 Å². The first kappa shape index (κ1) is 18.9. The topological polar surface area (TPSA) is 41.6 Å². The van der Waals surface area contributed by atoms with Crippen molar-refractivity contribution < 1.29 is 17.6 Å². The second-order valence-corrected chi connectivity index (χ2v) is 6.73. The fourth-order valence-electron chi connectivity index (χ4n) is 3.46. The summed E-state index contributed by atoms with van der Waals surface area (Å²) in [4.78, 5) is 6.14. The van der Waals surface area contributed by atoms with Gasteiger partial charge in [-0.1, -0.05) is 30.8 Å². The molecule has 0 bridgehead atoms. The third kappa shape index (κ3) is 3.29. The van der Waals surface area contributed by atoms with Crippen LogP contribution in [-0.2, 0) is 11.7 Å². The van der Waals surface area contributed by atoms with Gasteiger partial charge in [-0.2, -0.15) is 13.2 Å². The van der Waals surface area contributed by atoms with Crippen molar-refractivity contribution in [3.8, 4) is 0 Å². The summed E-state index contributed by atoms with van der Waals surface area (Å²) in [6, 6.07) is 10.8. The van der Waals surface area contributed by atoms with E-state index in [1.54, 1.807) is 31.0 Å². The first-order chi connectivity index (χ1) is 12.5. The van der Waals surface area contributed by atoms with E-state index in [2.05, 4.69) is 11.6 Å². The van der Waals surface area contributed by atoms with Gasteiger partial charge in [-0.15, -0.1) is 0 Å². The molecule has 0 saturated carbocycles. The molecule has 1 aliphatic rings. The van der Waals surface area contributed by atoms with Crippen LogP contribution in [0.3, 0.4) is 0 Å². The lowest BCUT2D eigenvalue weighted by Gasteiger charge is -2.44. The van der Waals surface area contributed by atoms with E-state index in [1.165, 1.54) is 24.3 Å². The van der Waals surface area contributed by atoms with Crippen molar-refractivity contribution in [1.29, 1.82) is 0 Å². The van der Waals surface area contributed by atoms with E-state index in [4.69, 9.17) is 5.73 Å². The van der Waals surface area contributed by atoms with Gasteiger partial charge in [0, 0.05) is 12.7 Å². The fourth-order valence-corrected chi connectivity index (χ4v) is 3.46. The van der Waals surface area contributed by atoms with Crippen molar-refractivity contribution in [2.24, 2.45) is 10.7 Å². The van der Waals surface area contributed by atoms with Crippen molar-refractivity contribution in [3.63, 3.8) is 0 Å². The lowest BCUT2D eigenvalue weighted by Crippen LogP contribution is -2.47. The SMILES string of the molecule is C=C1[C@@H](c2ccc(C(F)(F)F)cc2)[C@@](C)(c2cccc(F)c2)N=C(N)N1C. The van der Waals surface area contributed by atoms with Crippen LogP contribution in [0, 0.1) is 5.82 Å². The highest BCUT2D eigenvalue weighted by atomic mass is 19.4. The Balaban J connectivity index is 2.16. The van der Waals surface area contributed by atoms with Gasteiger partial charge in [0.1, 0.15) is 5.82 Å². The number of halogens is 4. The molecule has 0 fully saturated rings. The van der Waals surface area contributed by atoms with Crippen LogP contribution in [0.5, 0.6) is 0 Å². The van der Waals surface area contributed by atoms with Gasteiger partial charge in [-0.25, -0.2) is 9.38 Å². The van der Waals surface area contributed by atoms with Gasteiger partial charge in [0.15, 0.2) is 5.96 Å². The third-order valence-electron chi connectivity index (χ3n) is 5.00. The average molecular weight is 377 g/mol. The summed E-state index contributed by atoms with van der Waals surface area (Å²) in [5, 5.41) is 0. The van der Waals surface area contributed by atoms with E-state index in [0.717, 1.165) is 12.1 Å². The van der Waals surface area contributed by atoms with Gasteiger partial charge in [0.05, 0.1) is 17.0 Å².